The number of hydrogen-bond acceptors (Lipinski definition) is 6. The molecule has 2 aromatic rings. The minimum absolute atomic E-state index is 0.240. The van der Waals surface area contributed by atoms with Crippen molar-refractivity contribution in [2.45, 2.75) is 39.7 Å². The Morgan fingerprint density at radius 3 is 2.75 bits per heavy atom. The average Bonchev–Trinajstić information content (AvgIpc) is 2.71. The molecule has 2 aliphatic rings. The fourth-order valence-corrected chi connectivity index (χ4v) is 4.04. The minimum Gasteiger partial charge on any atom is -0.493 e. The van der Waals surface area contributed by atoms with Gasteiger partial charge in [-0.3, -0.25) is 9.88 Å². The van der Waals surface area contributed by atoms with Crippen LogP contribution in [-0.2, 0) is 0 Å². The summed E-state index contributed by atoms with van der Waals surface area (Å²) in [6.45, 7) is 10.2. The monoisotopic (exact) mass is 383 g/mol. The van der Waals surface area contributed by atoms with E-state index in [9.17, 15) is 0 Å². The molecule has 0 bridgehead atoms. The molecule has 0 radical (unpaired) electrons. The number of nitrogens with zero attached hydrogens (tertiary/aromatic N) is 3. The summed E-state index contributed by atoms with van der Waals surface area (Å²) in [7, 11) is 0. The molecule has 0 amide bonds. The van der Waals surface area contributed by atoms with E-state index < -0.39 is 0 Å². The SMILES string of the molecule is Cc1cc(OC[C@@H]2CCCN([C@H](C)c3ccc4c(n3)OCCO4)C2)cc(C)n1. The Bertz CT molecular complexity index is 806. The summed E-state index contributed by atoms with van der Waals surface area (Å²) in [5, 5.41) is 0. The van der Waals surface area contributed by atoms with Crippen LogP contribution in [-0.4, -0.2) is 47.8 Å². The molecule has 2 aliphatic heterocycles. The Morgan fingerprint density at radius 2 is 1.93 bits per heavy atom. The maximum absolute atomic E-state index is 6.10. The van der Waals surface area contributed by atoms with Crippen LogP contribution in [0.3, 0.4) is 0 Å². The lowest BCUT2D eigenvalue weighted by Gasteiger charge is -2.36. The number of hydrogen-bond donors (Lipinski definition) is 0. The van der Waals surface area contributed by atoms with Crippen molar-refractivity contribution in [2.24, 2.45) is 5.92 Å². The third kappa shape index (κ3) is 4.38. The van der Waals surface area contributed by atoms with Crippen LogP contribution in [0.1, 0.15) is 42.9 Å². The van der Waals surface area contributed by atoms with E-state index in [4.69, 9.17) is 19.2 Å². The van der Waals surface area contributed by atoms with E-state index in [0.29, 0.717) is 25.0 Å². The number of rotatable bonds is 5. The molecule has 150 valence electrons. The first-order chi connectivity index (χ1) is 13.6. The zero-order valence-electron chi connectivity index (χ0n) is 17.0. The average molecular weight is 383 g/mol. The van der Waals surface area contributed by atoms with Gasteiger partial charge in [0, 0.05) is 42.0 Å². The van der Waals surface area contributed by atoms with Gasteiger partial charge in [-0.05, 0) is 52.3 Å². The minimum atomic E-state index is 0.240. The lowest BCUT2D eigenvalue weighted by atomic mass is 9.97. The molecule has 0 N–H and O–H groups in total. The van der Waals surface area contributed by atoms with Crippen LogP contribution in [0.4, 0.5) is 0 Å². The first-order valence-electron chi connectivity index (χ1n) is 10.2. The molecule has 2 atom stereocenters. The molecule has 28 heavy (non-hydrogen) atoms. The van der Waals surface area contributed by atoms with Crippen LogP contribution in [0.25, 0.3) is 0 Å². The second-order valence-corrected chi connectivity index (χ2v) is 7.81. The normalized spacial score (nSPS) is 20.6. The van der Waals surface area contributed by atoms with E-state index in [2.05, 4.69) is 22.9 Å². The van der Waals surface area contributed by atoms with E-state index in [-0.39, 0.29) is 6.04 Å². The molecule has 6 nitrogen and oxygen atoms in total. The van der Waals surface area contributed by atoms with Gasteiger partial charge in [0.25, 0.3) is 5.88 Å². The van der Waals surface area contributed by atoms with Crippen molar-refractivity contribution in [2.75, 3.05) is 32.9 Å². The molecule has 6 heteroatoms. The first-order valence-corrected chi connectivity index (χ1v) is 10.2. The van der Waals surface area contributed by atoms with E-state index >= 15 is 0 Å². The van der Waals surface area contributed by atoms with Crippen molar-refractivity contribution < 1.29 is 14.2 Å². The summed E-state index contributed by atoms with van der Waals surface area (Å²) < 4.78 is 17.3. The van der Waals surface area contributed by atoms with Crippen LogP contribution in [0.15, 0.2) is 24.3 Å². The van der Waals surface area contributed by atoms with Gasteiger partial charge < -0.3 is 14.2 Å². The number of likely N-dealkylation sites (tertiary alicyclic amines) is 1. The molecule has 0 spiro atoms. The van der Waals surface area contributed by atoms with Crippen LogP contribution < -0.4 is 14.2 Å². The van der Waals surface area contributed by atoms with Gasteiger partial charge >= 0.3 is 0 Å². The number of fused-ring (bicyclic) bond motifs is 1. The van der Waals surface area contributed by atoms with Gasteiger partial charge in [0.05, 0.1) is 12.3 Å². The first kappa shape index (κ1) is 19.0. The number of ether oxygens (including phenoxy) is 3. The Labute approximate surface area is 166 Å². The van der Waals surface area contributed by atoms with Gasteiger partial charge in [-0.25, -0.2) is 4.98 Å². The summed E-state index contributed by atoms with van der Waals surface area (Å²) in [6, 6.07) is 8.29. The molecule has 4 heterocycles. The third-order valence-electron chi connectivity index (χ3n) is 5.49. The van der Waals surface area contributed by atoms with Gasteiger partial charge in [-0.15, -0.1) is 0 Å². The van der Waals surface area contributed by atoms with Crippen LogP contribution in [0.2, 0.25) is 0 Å². The zero-order chi connectivity index (χ0) is 19.5. The highest BCUT2D eigenvalue weighted by Crippen LogP contribution is 2.32. The molecule has 0 aliphatic carbocycles. The van der Waals surface area contributed by atoms with Crippen molar-refractivity contribution in [3.8, 4) is 17.4 Å². The second-order valence-electron chi connectivity index (χ2n) is 7.81. The lowest BCUT2D eigenvalue weighted by molar-refractivity contribution is 0.0981. The van der Waals surface area contributed by atoms with Gasteiger partial charge in [-0.1, -0.05) is 0 Å². The van der Waals surface area contributed by atoms with Crippen LogP contribution in [0, 0.1) is 19.8 Å². The Kier molecular flexibility index (Phi) is 5.67. The quantitative estimate of drug-likeness (QED) is 0.784. The van der Waals surface area contributed by atoms with E-state index in [1.165, 1.54) is 12.8 Å². The van der Waals surface area contributed by atoms with Crippen molar-refractivity contribution in [3.05, 3.63) is 41.3 Å². The van der Waals surface area contributed by atoms with Gasteiger partial charge in [0.2, 0.25) is 0 Å². The van der Waals surface area contributed by atoms with E-state index in [0.717, 1.165) is 48.3 Å². The highest BCUT2D eigenvalue weighted by molar-refractivity contribution is 5.36. The topological polar surface area (TPSA) is 56.7 Å². The second kappa shape index (κ2) is 8.35. The lowest BCUT2D eigenvalue weighted by Crippen LogP contribution is -2.39. The maximum Gasteiger partial charge on any atom is 0.257 e. The fraction of sp³-hybridized carbons (Fsp3) is 0.545. The molecule has 1 saturated heterocycles. The molecule has 2 aromatic heterocycles. The van der Waals surface area contributed by atoms with Crippen LogP contribution >= 0.6 is 0 Å². The van der Waals surface area contributed by atoms with Gasteiger partial charge in [0.1, 0.15) is 19.0 Å². The summed E-state index contributed by atoms with van der Waals surface area (Å²) in [4.78, 5) is 11.6. The highest BCUT2D eigenvalue weighted by Gasteiger charge is 2.26. The van der Waals surface area contributed by atoms with Gasteiger partial charge in [0.15, 0.2) is 5.75 Å². The third-order valence-corrected chi connectivity index (χ3v) is 5.49. The molecular weight excluding hydrogens is 354 g/mol. The number of aromatic nitrogens is 2. The Morgan fingerprint density at radius 1 is 1.14 bits per heavy atom. The summed E-state index contributed by atoms with van der Waals surface area (Å²) in [6.07, 6.45) is 2.37. The predicted molar refractivity (Wildman–Crippen MR) is 107 cm³/mol. The van der Waals surface area contributed by atoms with Crippen molar-refractivity contribution >= 4 is 0 Å². The fourth-order valence-electron chi connectivity index (χ4n) is 4.04. The van der Waals surface area contributed by atoms with Crippen LogP contribution in [0.5, 0.6) is 17.4 Å². The summed E-state index contributed by atoms with van der Waals surface area (Å²) >= 11 is 0. The van der Waals surface area contributed by atoms with Crippen molar-refractivity contribution in [3.63, 3.8) is 0 Å². The Hall–Kier alpha value is -2.34. The smallest absolute Gasteiger partial charge is 0.257 e. The predicted octanol–water partition coefficient (Wildman–Crippen LogP) is 3.72. The van der Waals surface area contributed by atoms with E-state index in [1.54, 1.807) is 0 Å². The summed E-state index contributed by atoms with van der Waals surface area (Å²) in [5.74, 6) is 2.80. The largest absolute Gasteiger partial charge is 0.493 e. The number of aryl methyl sites for hydroxylation is 2. The van der Waals surface area contributed by atoms with Crippen molar-refractivity contribution in [1.82, 2.24) is 14.9 Å². The molecular formula is C22H29N3O3. The van der Waals surface area contributed by atoms with Crippen molar-refractivity contribution in [1.29, 1.82) is 0 Å². The van der Waals surface area contributed by atoms with E-state index in [1.807, 2.05) is 32.0 Å². The highest BCUT2D eigenvalue weighted by atomic mass is 16.6. The number of piperidine rings is 1. The molecule has 0 aromatic carbocycles. The molecule has 0 unspecified atom stereocenters. The van der Waals surface area contributed by atoms with Gasteiger partial charge in [-0.2, -0.15) is 0 Å². The standard InChI is InChI=1S/C22H29N3O3/c1-15-11-19(12-16(2)23-15)28-14-18-5-4-8-25(13-18)17(3)20-6-7-21-22(24-20)27-10-9-26-21/h6-7,11-12,17-18H,4-5,8-10,13-14H2,1-3H3/t17-,18-/m1/s1. The molecule has 1 fully saturated rings. The molecule has 4 rings (SSSR count). The Balaban J connectivity index is 1.37. The zero-order valence-corrected chi connectivity index (χ0v) is 17.0. The summed E-state index contributed by atoms with van der Waals surface area (Å²) in [5.41, 5.74) is 3.03. The molecule has 0 saturated carbocycles. The maximum atomic E-state index is 6.10. The number of pyridine rings is 2.